The van der Waals surface area contributed by atoms with E-state index >= 15 is 0 Å². The molecule has 1 fully saturated rings. The molecule has 0 aromatic heterocycles. The van der Waals surface area contributed by atoms with Crippen LogP contribution in [0, 0.1) is 0 Å². The number of carboxylic acid groups (broad SMARTS) is 1. The molecular formula is C14H17NO5S. The largest absolute Gasteiger partial charge is 0.478 e. The van der Waals surface area contributed by atoms with Gasteiger partial charge in [0.15, 0.2) is 9.84 Å². The van der Waals surface area contributed by atoms with Crippen LogP contribution in [-0.2, 0) is 9.84 Å². The Morgan fingerprint density at radius 1 is 1.29 bits per heavy atom. The molecule has 7 heteroatoms. The molecule has 1 heterocycles. The van der Waals surface area contributed by atoms with Crippen LogP contribution in [0.3, 0.4) is 0 Å². The van der Waals surface area contributed by atoms with Crippen LogP contribution in [0.5, 0.6) is 0 Å². The first-order valence-electron chi connectivity index (χ1n) is 6.69. The van der Waals surface area contributed by atoms with Crippen molar-refractivity contribution in [2.75, 3.05) is 18.1 Å². The predicted octanol–water partition coefficient (Wildman–Crippen LogP) is 1.03. The van der Waals surface area contributed by atoms with E-state index in [2.05, 4.69) is 0 Å². The van der Waals surface area contributed by atoms with Crippen LogP contribution in [0.4, 0.5) is 0 Å². The molecule has 1 aromatic rings. The third-order valence-electron chi connectivity index (χ3n) is 3.64. The fourth-order valence-corrected chi connectivity index (χ4v) is 4.33. The van der Waals surface area contributed by atoms with Crippen LogP contribution < -0.4 is 0 Å². The van der Waals surface area contributed by atoms with Crippen LogP contribution >= 0.6 is 0 Å². The first-order valence-corrected chi connectivity index (χ1v) is 8.51. The molecule has 1 amide bonds. The lowest BCUT2D eigenvalue weighted by atomic mass is 10.1. The maximum Gasteiger partial charge on any atom is 0.336 e. The minimum absolute atomic E-state index is 0.0538. The van der Waals surface area contributed by atoms with Crippen molar-refractivity contribution >= 4 is 21.7 Å². The van der Waals surface area contributed by atoms with Crippen molar-refractivity contribution in [3.05, 3.63) is 35.4 Å². The Bertz CT molecular complexity index is 668. The number of benzene rings is 1. The first kappa shape index (κ1) is 15.5. The predicted molar refractivity (Wildman–Crippen MR) is 77.2 cm³/mol. The zero-order chi connectivity index (χ0) is 15.6. The molecule has 21 heavy (non-hydrogen) atoms. The Hall–Kier alpha value is -1.89. The molecule has 1 unspecified atom stereocenters. The van der Waals surface area contributed by atoms with E-state index in [1.807, 2.05) is 0 Å². The summed E-state index contributed by atoms with van der Waals surface area (Å²) in [6, 6.07) is 5.59. The minimum Gasteiger partial charge on any atom is -0.478 e. The first-order chi connectivity index (χ1) is 9.85. The highest BCUT2D eigenvalue weighted by Gasteiger charge is 2.35. The number of carboxylic acids is 1. The topological polar surface area (TPSA) is 91.8 Å². The summed E-state index contributed by atoms with van der Waals surface area (Å²) in [5.41, 5.74) is 0.0259. The molecule has 0 saturated carbocycles. The maximum atomic E-state index is 12.6. The molecule has 6 nitrogen and oxygen atoms in total. The lowest BCUT2D eigenvalue weighted by Gasteiger charge is -2.27. The van der Waals surface area contributed by atoms with Gasteiger partial charge in [0.05, 0.1) is 22.6 Å². The third kappa shape index (κ3) is 3.24. The number of aromatic carboxylic acids is 1. The molecule has 1 N–H and O–H groups in total. The molecule has 2 rings (SSSR count). The van der Waals surface area contributed by atoms with Gasteiger partial charge >= 0.3 is 5.97 Å². The summed E-state index contributed by atoms with van der Waals surface area (Å²) in [5, 5.41) is 9.15. The van der Waals surface area contributed by atoms with Crippen molar-refractivity contribution in [3.63, 3.8) is 0 Å². The summed E-state index contributed by atoms with van der Waals surface area (Å²) >= 11 is 0. The van der Waals surface area contributed by atoms with E-state index in [4.69, 9.17) is 5.11 Å². The van der Waals surface area contributed by atoms with Gasteiger partial charge in [-0.2, -0.15) is 0 Å². The average Bonchev–Trinajstić information content (AvgIpc) is 2.79. The normalized spacial score (nSPS) is 20.1. The summed E-state index contributed by atoms with van der Waals surface area (Å²) in [4.78, 5) is 25.2. The van der Waals surface area contributed by atoms with E-state index in [9.17, 15) is 18.0 Å². The van der Waals surface area contributed by atoms with E-state index in [0.29, 0.717) is 13.0 Å². The molecule has 1 atom stereocenters. The smallest absolute Gasteiger partial charge is 0.336 e. The van der Waals surface area contributed by atoms with Gasteiger partial charge in [-0.05, 0) is 25.5 Å². The lowest BCUT2D eigenvalue weighted by Crippen LogP contribution is -2.41. The third-order valence-corrected chi connectivity index (χ3v) is 5.39. The quantitative estimate of drug-likeness (QED) is 0.897. The molecule has 0 aliphatic carbocycles. The van der Waals surface area contributed by atoms with Gasteiger partial charge in [-0.15, -0.1) is 0 Å². The number of carbonyl (C=O) groups excluding carboxylic acids is 1. The fraction of sp³-hybridized carbons (Fsp3) is 0.429. The maximum absolute atomic E-state index is 12.6. The summed E-state index contributed by atoms with van der Waals surface area (Å²) in [6.45, 7) is 2.10. The monoisotopic (exact) mass is 311 g/mol. The SMILES string of the molecule is CCN(C(=O)c1ccccc1C(=O)O)C1CCS(=O)(=O)C1. The molecule has 0 radical (unpaired) electrons. The van der Waals surface area contributed by atoms with Crippen molar-refractivity contribution in [2.24, 2.45) is 0 Å². The van der Waals surface area contributed by atoms with Gasteiger partial charge in [0.2, 0.25) is 0 Å². The average molecular weight is 311 g/mol. The van der Waals surface area contributed by atoms with Gasteiger partial charge < -0.3 is 10.0 Å². The van der Waals surface area contributed by atoms with Crippen molar-refractivity contribution in [1.29, 1.82) is 0 Å². The summed E-state index contributed by atoms with van der Waals surface area (Å²) < 4.78 is 23.1. The van der Waals surface area contributed by atoms with Crippen LogP contribution in [-0.4, -0.2) is 54.4 Å². The van der Waals surface area contributed by atoms with Gasteiger partial charge in [0, 0.05) is 12.6 Å². The second-order valence-electron chi connectivity index (χ2n) is 5.00. The van der Waals surface area contributed by atoms with E-state index in [-0.39, 0.29) is 28.7 Å². The second-order valence-corrected chi connectivity index (χ2v) is 7.23. The van der Waals surface area contributed by atoms with Crippen LogP contribution in [0.15, 0.2) is 24.3 Å². The summed E-state index contributed by atoms with van der Waals surface area (Å²) in [6.07, 6.45) is 0.400. The Morgan fingerprint density at radius 3 is 2.38 bits per heavy atom. The number of carbonyl (C=O) groups is 2. The molecule has 1 saturated heterocycles. The Labute approximate surface area is 123 Å². The van der Waals surface area contributed by atoms with Crippen LogP contribution in [0.25, 0.3) is 0 Å². The van der Waals surface area contributed by atoms with Crippen molar-refractivity contribution in [3.8, 4) is 0 Å². The highest BCUT2D eigenvalue weighted by Crippen LogP contribution is 2.21. The highest BCUT2D eigenvalue weighted by atomic mass is 32.2. The molecular weight excluding hydrogens is 294 g/mol. The van der Waals surface area contributed by atoms with E-state index in [1.165, 1.54) is 17.0 Å². The molecule has 1 aromatic carbocycles. The number of nitrogens with zero attached hydrogens (tertiary/aromatic N) is 1. The number of amides is 1. The number of hydrogen-bond acceptors (Lipinski definition) is 4. The van der Waals surface area contributed by atoms with Crippen molar-refractivity contribution < 1.29 is 23.1 Å². The van der Waals surface area contributed by atoms with E-state index < -0.39 is 21.7 Å². The lowest BCUT2D eigenvalue weighted by molar-refractivity contribution is 0.0659. The highest BCUT2D eigenvalue weighted by molar-refractivity contribution is 7.91. The van der Waals surface area contributed by atoms with Gasteiger partial charge in [0.1, 0.15) is 0 Å². The molecule has 0 bridgehead atoms. The number of rotatable bonds is 4. The number of sulfone groups is 1. The van der Waals surface area contributed by atoms with Crippen LogP contribution in [0.2, 0.25) is 0 Å². The fourth-order valence-electron chi connectivity index (χ4n) is 2.60. The minimum atomic E-state index is -3.10. The van der Waals surface area contributed by atoms with Crippen LogP contribution in [0.1, 0.15) is 34.1 Å². The van der Waals surface area contributed by atoms with E-state index in [0.717, 1.165) is 0 Å². The second kappa shape index (κ2) is 5.85. The van der Waals surface area contributed by atoms with Gasteiger partial charge in [-0.1, -0.05) is 12.1 Å². The zero-order valence-corrected chi connectivity index (χ0v) is 12.5. The Balaban J connectivity index is 2.32. The molecule has 1 aliphatic rings. The van der Waals surface area contributed by atoms with Gasteiger partial charge in [-0.3, -0.25) is 4.79 Å². The molecule has 114 valence electrons. The molecule has 1 aliphatic heterocycles. The summed E-state index contributed by atoms with van der Waals surface area (Å²) in [7, 11) is -3.10. The summed E-state index contributed by atoms with van der Waals surface area (Å²) in [5.74, 6) is -1.59. The molecule has 0 spiro atoms. The number of hydrogen-bond donors (Lipinski definition) is 1. The Morgan fingerprint density at radius 2 is 1.90 bits per heavy atom. The van der Waals surface area contributed by atoms with Gasteiger partial charge in [-0.25, -0.2) is 13.2 Å². The van der Waals surface area contributed by atoms with E-state index in [1.54, 1.807) is 19.1 Å². The Kier molecular flexibility index (Phi) is 4.32. The van der Waals surface area contributed by atoms with Gasteiger partial charge in [0.25, 0.3) is 5.91 Å². The van der Waals surface area contributed by atoms with Crippen molar-refractivity contribution in [1.82, 2.24) is 4.90 Å². The standard InChI is InChI=1S/C14H17NO5S/c1-2-15(10-7-8-21(19,20)9-10)13(16)11-5-3-4-6-12(11)14(17)18/h3-6,10H,2,7-9H2,1H3,(H,17,18). The van der Waals surface area contributed by atoms with Crippen molar-refractivity contribution in [2.45, 2.75) is 19.4 Å². The zero-order valence-electron chi connectivity index (χ0n) is 11.7.